The Morgan fingerprint density at radius 3 is 1.33 bits per heavy atom. The van der Waals surface area contributed by atoms with Crippen molar-refractivity contribution in [1.82, 2.24) is 0 Å². The molecule has 0 radical (unpaired) electrons. The average Bonchev–Trinajstić information content (AvgIpc) is 3.44. The second-order valence-electron chi connectivity index (χ2n) is 13.6. The van der Waals surface area contributed by atoms with E-state index < -0.39 is 0 Å². The fraction of sp³-hybridized carbons (Fsp3) is 0.130. The molecule has 268 valence electrons. The van der Waals surface area contributed by atoms with Crippen molar-refractivity contribution in [2.75, 3.05) is 0 Å². The van der Waals surface area contributed by atoms with Gasteiger partial charge >= 0.3 is 0 Å². The molecule has 0 heterocycles. The molecule has 0 saturated carbocycles. The predicted octanol–water partition coefficient (Wildman–Crippen LogP) is 11.6. The first-order valence-electron chi connectivity index (χ1n) is 17.8. The molecule has 54 heavy (non-hydrogen) atoms. The monoisotopic (exact) mass is 712 g/mol. The zero-order chi connectivity index (χ0) is 37.9. The molecule has 1 unspecified atom stereocenters. The molecular weight excluding hydrogens is 673 g/mol. The Hall–Kier alpha value is -6.80. The minimum atomic E-state index is -0.113. The second kappa shape index (κ2) is 15.0. The maximum Gasteiger partial charge on any atom is 0.221 e. The Morgan fingerprint density at radius 2 is 0.889 bits per heavy atom. The number of ether oxygens (including phenoxy) is 4. The number of fused-ring (bicyclic) bond motifs is 3. The molecule has 0 aromatic heterocycles. The third-order valence-electron chi connectivity index (χ3n) is 9.54. The van der Waals surface area contributed by atoms with E-state index in [2.05, 4.69) is 45.0 Å². The fourth-order valence-electron chi connectivity index (χ4n) is 6.55. The van der Waals surface area contributed by atoms with Crippen molar-refractivity contribution in [1.29, 1.82) is 21.6 Å². The number of nitrogens with one attached hydrogen (secondary N) is 4. The quantitative estimate of drug-likeness (QED) is 0.0877. The van der Waals surface area contributed by atoms with Gasteiger partial charge in [-0.15, -0.1) is 0 Å². The number of benzene rings is 6. The van der Waals surface area contributed by atoms with Crippen molar-refractivity contribution < 1.29 is 18.9 Å². The molecule has 8 nitrogen and oxygen atoms in total. The molecule has 7 rings (SSSR count). The summed E-state index contributed by atoms with van der Waals surface area (Å²) < 4.78 is 24.0. The van der Waals surface area contributed by atoms with Gasteiger partial charge in [-0.1, -0.05) is 69.3 Å². The third-order valence-corrected chi connectivity index (χ3v) is 9.54. The highest BCUT2D eigenvalue weighted by atomic mass is 16.5. The predicted molar refractivity (Wildman–Crippen MR) is 214 cm³/mol. The number of hydrogen-bond donors (Lipinski definition) is 4. The van der Waals surface area contributed by atoms with E-state index in [4.69, 9.17) is 40.6 Å². The summed E-state index contributed by atoms with van der Waals surface area (Å²) in [5, 5.41) is 33.2. The van der Waals surface area contributed by atoms with E-state index in [9.17, 15) is 0 Å². The van der Waals surface area contributed by atoms with Gasteiger partial charge in [0.25, 0.3) is 0 Å². The zero-order valence-corrected chi connectivity index (χ0v) is 30.5. The highest BCUT2D eigenvalue weighted by Gasteiger charge is 2.29. The molecule has 4 N–H and O–H groups in total. The van der Waals surface area contributed by atoms with Gasteiger partial charge in [-0.05, 0) is 131 Å². The van der Waals surface area contributed by atoms with E-state index in [0.29, 0.717) is 33.8 Å². The summed E-state index contributed by atoms with van der Waals surface area (Å²) in [6, 6.07) is 41.1. The maximum absolute atomic E-state index is 8.41. The summed E-state index contributed by atoms with van der Waals surface area (Å²) in [6.45, 7) is 8.60. The fourth-order valence-corrected chi connectivity index (χ4v) is 6.55. The van der Waals surface area contributed by atoms with Crippen molar-refractivity contribution in [3.05, 3.63) is 178 Å². The summed E-state index contributed by atoms with van der Waals surface area (Å²) in [4.78, 5) is 0. The third kappa shape index (κ3) is 7.41. The lowest BCUT2D eigenvalue weighted by Crippen LogP contribution is -2.12. The van der Waals surface area contributed by atoms with Crippen LogP contribution in [0.5, 0.6) is 23.0 Å². The molecule has 0 bridgehead atoms. The Morgan fingerprint density at radius 1 is 0.500 bits per heavy atom. The minimum Gasteiger partial charge on any atom is -0.457 e. The summed E-state index contributed by atoms with van der Waals surface area (Å²) in [7, 11) is 0. The van der Waals surface area contributed by atoms with Crippen LogP contribution in [0.1, 0.15) is 77.1 Å². The molecule has 8 heteroatoms. The first-order valence-corrected chi connectivity index (χ1v) is 17.8. The van der Waals surface area contributed by atoms with Crippen LogP contribution >= 0.6 is 0 Å². The van der Waals surface area contributed by atoms with Gasteiger partial charge < -0.3 is 18.9 Å². The van der Waals surface area contributed by atoms with Crippen molar-refractivity contribution in [3.63, 3.8) is 0 Å². The molecule has 0 fully saturated rings. The molecule has 1 aliphatic rings. The van der Waals surface area contributed by atoms with Crippen LogP contribution < -0.4 is 9.47 Å². The van der Waals surface area contributed by atoms with Gasteiger partial charge in [0, 0.05) is 28.2 Å². The van der Waals surface area contributed by atoms with Crippen LogP contribution in [0, 0.1) is 28.6 Å². The summed E-state index contributed by atoms with van der Waals surface area (Å²) in [5.74, 6) is 2.76. The summed E-state index contributed by atoms with van der Waals surface area (Å²) in [5.41, 5.74) is 9.05. The summed E-state index contributed by atoms with van der Waals surface area (Å²) >= 11 is 0. The number of hydrogen-bond acceptors (Lipinski definition) is 8. The van der Waals surface area contributed by atoms with Crippen LogP contribution in [0.3, 0.4) is 0 Å². The van der Waals surface area contributed by atoms with Crippen molar-refractivity contribution in [2.45, 2.75) is 39.5 Å². The largest absolute Gasteiger partial charge is 0.457 e. The summed E-state index contributed by atoms with van der Waals surface area (Å²) in [6.07, 6.45) is 0. The highest BCUT2D eigenvalue weighted by Crippen LogP contribution is 2.50. The van der Waals surface area contributed by atoms with E-state index >= 15 is 0 Å². The minimum absolute atomic E-state index is 0.0822. The van der Waals surface area contributed by atoms with Gasteiger partial charge in [0.05, 0.1) is 0 Å². The smallest absolute Gasteiger partial charge is 0.221 e. The Kier molecular flexibility index (Phi) is 9.92. The van der Waals surface area contributed by atoms with E-state index in [0.717, 1.165) is 33.8 Å². The van der Waals surface area contributed by atoms with Crippen molar-refractivity contribution >= 4 is 23.6 Å². The van der Waals surface area contributed by atoms with Gasteiger partial charge in [0.1, 0.15) is 23.0 Å². The molecule has 0 saturated heterocycles. The zero-order valence-electron chi connectivity index (χ0n) is 30.5. The molecular formula is C46H40N4O4. The first kappa shape index (κ1) is 35.6. The second-order valence-corrected chi connectivity index (χ2v) is 13.6. The van der Waals surface area contributed by atoms with Crippen molar-refractivity contribution in [2.24, 2.45) is 0 Å². The SMILES string of the molecule is Cc1cc2c(cc1Oc1ccc(C(=N)OC(=N)c3ccccc3)cc1)-c1cc(Oc3ccc(C(=N)OC(=N)c4ccccc4)cc3)c(C(C)C)cc1C2C. The number of aryl methyl sites for hydroxylation is 1. The van der Waals surface area contributed by atoms with E-state index in [1.165, 1.54) is 11.1 Å². The van der Waals surface area contributed by atoms with Crippen LogP contribution in [-0.4, -0.2) is 23.6 Å². The van der Waals surface area contributed by atoms with Gasteiger partial charge in [0.15, 0.2) is 0 Å². The van der Waals surface area contributed by atoms with Crippen LogP contribution in [-0.2, 0) is 9.47 Å². The Labute approximate surface area is 315 Å². The lowest BCUT2D eigenvalue weighted by Gasteiger charge is -2.18. The Balaban J connectivity index is 1.09. The Bertz CT molecular complexity index is 2390. The van der Waals surface area contributed by atoms with E-state index in [-0.39, 0.29) is 35.4 Å². The topological polar surface area (TPSA) is 132 Å². The number of rotatable bonds is 9. The molecule has 6 aromatic carbocycles. The van der Waals surface area contributed by atoms with Crippen LogP contribution in [0.15, 0.2) is 133 Å². The molecule has 0 spiro atoms. The van der Waals surface area contributed by atoms with Crippen LogP contribution in [0.2, 0.25) is 0 Å². The molecule has 6 aromatic rings. The normalized spacial score (nSPS) is 12.7. The lowest BCUT2D eigenvalue weighted by atomic mass is 9.93. The maximum atomic E-state index is 8.41. The molecule has 0 amide bonds. The van der Waals surface area contributed by atoms with Crippen molar-refractivity contribution in [3.8, 4) is 34.1 Å². The van der Waals surface area contributed by atoms with Gasteiger partial charge in [-0.25, -0.2) is 0 Å². The highest BCUT2D eigenvalue weighted by molar-refractivity contribution is 6.05. The van der Waals surface area contributed by atoms with Gasteiger partial charge in [-0.2, -0.15) is 0 Å². The molecule has 0 aliphatic heterocycles. The van der Waals surface area contributed by atoms with Crippen LogP contribution in [0.25, 0.3) is 11.1 Å². The van der Waals surface area contributed by atoms with E-state index in [1.54, 1.807) is 60.7 Å². The standard InChI is InChI=1S/C46H40N4O4/c1-27(2)36-24-38-29(4)37-23-28(3)41(51-34-19-15-32(16-20-34)45(49)53-43(47)30-11-7-5-8-12-30)25-39(37)40(38)26-42(36)52-35-21-17-33(18-22-35)46(50)54-44(48)31-13-9-6-10-14-31/h5-27,29,47-50H,1-4H3. The van der Waals surface area contributed by atoms with Crippen LogP contribution in [0.4, 0.5) is 0 Å². The lowest BCUT2D eigenvalue weighted by molar-refractivity contribution is 0.473. The van der Waals surface area contributed by atoms with Gasteiger partial charge in [-0.3, -0.25) is 21.6 Å². The van der Waals surface area contributed by atoms with E-state index in [1.807, 2.05) is 55.5 Å². The molecule has 1 aliphatic carbocycles. The molecule has 1 atom stereocenters. The van der Waals surface area contributed by atoms with Gasteiger partial charge in [0.2, 0.25) is 23.6 Å². The first-order chi connectivity index (χ1) is 26.0. The average molecular weight is 713 g/mol.